The summed E-state index contributed by atoms with van der Waals surface area (Å²) in [5.74, 6) is 5.95. The van der Waals surface area contributed by atoms with Gasteiger partial charge in [0.25, 0.3) is 5.69 Å². The molecule has 2 aromatic rings. The largest absolute Gasteiger partial charge is 0.329 e. The van der Waals surface area contributed by atoms with Crippen LogP contribution < -0.4 is 11.3 Å². The predicted octanol–water partition coefficient (Wildman–Crippen LogP) is 1.91. The highest BCUT2D eigenvalue weighted by Crippen LogP contribution is 2.28. The van der Waals surface area contributed by atoms with Crippen molar-refractivity contribution < 1.29 is 4.92 Å². The Morgan fingerprint density at radius 2 is 2.37 bits per heavy atom. The average molecular weight is 279 g/mol. The molecule has 0 amide bonds. The summed E-state index contributed by atoms with van der Waals surface area (Å²) in [7, 11) is 1.89. The number of nitrogens with two attached hydrogens (primary N) is 1. The fourth-order valence-electron chi connectivity index (χ4n) is 1.59. The van der Waals surface area contributed by atoms with Crippen LogP contribution >= 0.6 is 11.8 Å². The van der Waals surface area contributed by atoms with Gasteiger partial charge in [0.2, 0.25) is 0 Å². The highest BCUT2D eigenvalue weighted by atomic mass is 32.2. The molecule has 0 radical (unpaired) electrons. The number of hydrazine groups is 1. The van der Waals surface area contributed by atoms with Crippen LogP contribution in [0.1, 0.15) is 5.56 Å². The number of thioether (sulfide) groups is 1. The number of aryl methyl sites for hydroxylation is 1. The van der Waals surface area contributed by atoms with Gasteiger partial charge in [-0.15, -0.1) is 0 Å². The average Bonchev–Trinajstić information content (AvgIpc) is 2.81. The topological polar surface area (TPSA) is 99.0 Å². The van der Waals surface area contributed by atoms with E-state index in [1.165, 1.54) is 23.9 Å². The maximum absolute atomic E-state index is 10.8. The lowest BCUT2D eigenvalue weighted by atomic mass is 10.2. The molecule has 0 spiro atoms. The number of rotatable bonds is 5. The number of hydrogen-bond acceptors (Lipinski definition) is 6. The van der Waals surface area contributed by atoms with Crippen molar-refractivity contribution in [3.8, 4) is 0 Å². The normalized spacial score (nSPS) is 10.4. The van der Waals surface area contributed by atoms with E-state index in [1.54, 1.807) is 12.3 Å². The van der Waals surface area contributed by atoms with Crippen LogP contribution in [0.15, 0.2) is 35.7 Å². The van der Waals surface area contributed by atoms with E-state index in [0.717, 1.165) is 10.7 Å². The molecule has 0 saturated carbocycles. The van der Waals surface area contributed by atoms with Gasteiger partial charge < -0.3 is 9.99 Å². The molecule has 0 aliphatic heterocycles. The smallest absolute Gasteiger partial charge is 0.269 e. The van der Waals surface area contributed by atoms with Gasteiger partial charge in [0.15, 0.2) is 5.16 Å². The van der Waals surface area contributed by atoms with Crippen LogP contribution in [0.4, 0.5) is 11.4 Å². The van der Waals surface area contributed by atoms with Crippen molar-refractivity contribution >= 4 is 23.1 Å². The van der Waals surface area contributed by atoms with E-state index in [9.17, 15) is 10.1 Å². The van der Waals surface area contributed by atoms with Crippen molar-refractivity contribution in [1.29, 1.82) is 0 Å². The van der Waals surface area contributed by atoms with Crippen molar-refractivity contribution in [1.82, 2.24) is 9.55 Å². The van der Waals surface area contributed by atoms with Crippen molar-refractivity contribution in [3.05, 3.63) is 46.3 Å². The minimum absolute atomic E-state index is 0.0504. The minimum Gasteiger partial charge on any atom is -0.329 e. The summed E-state index contributed by atoms with van der Waals surface area (Å²) in [5.41, 5.74) is 4.04. The van der Waals surface area contributed by atoms with E-state index < -0.39 is 4.92 Å². The number of benzene rings is 1. The number of nitrogen functional groups attached to an aromatic ring is 1. The number of nitrogens with one attached hydrogen (secondary N) is 1. The first-order chi connectivity index (χ1) is 9.11. The number of nitro benzene ring substituents is 1. The predicted molar refractivity (Wildman–Crippen MR) is 73.7 cm³/mol. The molecular formula is C11H13N5O2S. The minimum atomic E-state index is -0.421. The Hall–Kier alpha value is -2.06. The Kier molecular flexibility index (Phi) is 4.03. The number of imidazole rings is 1. The van der Waals surface area contributed by atoms with Crippen LogP contribution in [0.5, 0.6) is 0 Å². The van der Waals surface area contributed by atoms with Gasteiger partial charge in [0.05, 0.1) is 10.6 Å². The third kappa shape index (κ3) is 3.04. The Balaban J connectivity index is 2.20. The zero-order valence-corrected chi connectivity index (χ0v) is 11.1. The molecule has 2 rings (SSSR count). The molecule has 0 saturated heterocycles. The number of anilines is 1. The lowest BCUT2D eigenvalue weighted by Gasteiger charge is -2.08. The molecule has 100 valence electrons. The highest BCUT2D eigenvalue weighted by molar-refractivity contribution is 7.98. The van der Waals surface area contributed by atoms with Crippen molar-refractivity contribution in [2.75, 3.05) is 5.43 Å². The molecule has 0 bridgehead atoms. The van der Waals surface area contributed by atoms with Gasteiger partial charge in [-0.2, -0.15) is 0 Å². The van der Waals surface area contributed by atoms with Crippen LogP contribution in [0.3, 0.4) is 0 Å². The number of non-ortho nitro benzene ring substituents is 1. The lowest BCUT2D eigenvalue weighted by molar-refractivity contribution is -0.384. The van der Waals surface area contributed by atoms with Gasteiger partial charge in [-0.05, 0) is 11.6 Å². The van der Waals surface area contributed by atoms with E-state index in [0.29, 0.717) is 11.4 Å². The molecule has 1 aromatic heterocycles. The summed E-state index contributed by atoms with van der Waals surface area (Å²) in [6.45, 7) is 0. The Morgan fingerprint density at radius 1 is 1.58 bits per heavy atom. The van der Waals surface area contributed by atoms with E-state index in [-0.39, 0.29) is 5.69 Å². The summed E-state index contributed by atoms with van der Waals surface area (Å²) in [6, 6.07) is 4.54. The first-order valence-corrected chi connectivity index (χ1v) is 6.44. The molecule has 0 aliphatic carbocycles. The van der Waals surface area contributed by atoms with E-state index in [2.05, 4.69) is 10.4 Å². The van der Waals surface area contributed by atoms with Gasteiger partial charge in [-0.1, -0.05) is 11.8 Å². The molecular weight excluding hydrogens is 266 g/mol. The molecule has 7 nitrogen and oxygen atoms in total. The number of nitro groups is 1. The van der Waals surface area contributed by atoms with Gasteiger partial charge >= 0.3 is 0 Å². The molecule has 1 aromatic carbocycles. The van der Waals surface area contributed by atoms with Gasteiger partial charge in [0.1, 0.15) is 0 Å². The second-order valence-electron chi connectivity index (χ2n) is 3.85. The first kappa shape index (κ1) is 13.4. The standard InChI is InChI=1S/C11H13N5O2S/c1-15-5-4-13-11(15)19-7-8-6-9(16(17)18)2-3-10(8)14-12/h2-6,14H,7,12H2,1H3. The number of nitrogens with zero attached hydrogens (tertiary/aromatic N) is 3. The van der Waals surface area contributed by atoms with E-state index in [1.807, 2.05) is 17.8 Å². The fourth-order valence-corrected chi connectivity index (χ4v) is 2.51. The van der Waals surface area contributed by atoms with Crippen LogP contribution in [0, 0.1) is 10.1 Å². The summed E-state index contributed by atoms with van der Waals surface area (Å²) >= 11 is 1.49. The van der Waals surface area contributed by atoms with Gasteiger partial charge in [-0.25, -0.2) is 4.98 Å². The molecule has 0 fully saturated rings. The van der Waals surface area contributed by atoms with Crippen LogP contribution in [0.2, 0.25) is 0 Å². The van der Waals surface area contributed by atoms with Crippen LogP contribution in [0.25, 0.3) is 0 Å². The Bertz CT molecular complexity index is 599. The molecule has 19 heavy (non-hydrogen) atoms. The molecule has 0 atom stereocenters. The molecule has 1 heterocycles. The molecule has 0 unspecified atom stereocenters. The van der Waals surface area contributed by atoms with Gasteiger partial charge in [0, 0.05) is 37.3 Å². The van der Waals surface area contributed by atoms with Crippen molar-refractivity contribution in [3.63, 3.8) is 0 Å². The quantitative estimate of drug-likeness (QED) is 0.375. The van der Waals surface area contributed by atoms with Gasteiger partial charge in [-0.3, -0.25) is 16.0 Å². The zero-order chi connectivity index (χ0) is 13.8. The Labute approximate surface area is 113 Å². The summed E-state index contributed by atoms with van der Waals surface area (Å²) in [5, 5.41) is 11.6. The fraction of sp³-hybridized carbons (Fsp3) is 0.182. The van der Waals surface area contributed by atoms with Crippen molar-refractivity contribution in [2.24, 2.45) is 12.9 Å². The third-order valence-corrected chi connectivity index (χ3v) is 3.70. The van der Waals surface area contributed by atoms with E-state index in [4.69, 9.17) is 5.84 Å². The highest BCUT2D eigenvalue weighted by Gasteiger charge is 2.11. The Morgan fingerprint density at radius 3 is 2.95 bits per heavy atom. The zero-order valence-electron chi connectivity index (χ0n) is 10.2. The first-order valence-electron chi connectivity index (χ1n) is 5.46. The number of aromatic nitrogens is 2. The van der Waals surface area contributed by atoms with Crippen molar-refractivity contribution in [2.45, 2.75) is 10.9 Å². The summed E-state index contributed by atoms with van der Waals surface area (Å²) in [4.78, 5) is 14.5. The molecule has 8 heteroatoms. The summed E-state index contributed by atoms with van der Waals surface area (Å²) < 4.78 is 1.89. The van der Waals surface area contributed by atoms with E-state index >= 15 is 0 Å². The second-order valence-corrected chi connectivity index (χ2v) is 4.79. The molecule has 0 aliphatic rings. The monoisotopic (exact) mass is 279 g/mol. The number of hydrogen-bond donors (Lipinski definition) is 2. The SMILES string of the molecule is Cn1ccnc1SCc1cc([N+](=O)[O-])ccc1NN. The lowest BCUT2D eigenvalue weighted by Crippen LogP contribution is -2.09. The maximum atomic E-state index is 10.8. The third-order valence-electron chi connectivity index (χ3n) is 2.59. The maximum Gasteiger partial charge on any atom is 0.269 e. The summed E-state index contributed by atoms with van der Waals surface area (Å²) in [6.07, 6.45) is 3.55. The van der Waals surface area contributed by atoms with Crippen LogP contribution in [-0.2, 0) is 12.8 Å². The molecule has 3 N–H and O–H groups in total. The second kappa shape index (κ2) is 5.72. The van der Waals surface area contributed by atoms with Crippen LogP contribution in [-0.4, -0.2) is 14.5 Å².